The van der Waals surface area contributed by atoms with Crippen molar-refractivity contribution in [2.75, 3.05) is 13.1 Å². The third kappa shape index (κ3) is 3.91. The average Bonchev–Trinajstić information content (AvgIpc) is 2.79. The molecule has 140 valence electrons. The fraction of sp³-hybridized carbons (Fsp3) is 0.192. The van der Waals surface area contributed by atoms with Crippen molar-refractivity contribution in [1.82, 2.24) is 4.90 Å². The molecular formula is C26H25NO. The van der Waals surface area contributed by atoms with E-state index in [4.69, 9.17) is 0 Å². The van der Waals surface area contributed by atoms with Crippen LogP contribution in [-0.2, 0) is 0 Å². The Hall–Kier alpha value is -3.13. The summed E-state index contributed by atoms with van der Waals surface area (Å²) < 4.78 is 0. The Kier molecular flexibility index (Phi) is 5.67. The zero-order chi connectivity index (χ0) is 19.2. The second-order valence-electron chi connectivity index (χ2n) is 7.20. The molecule has 0 spiro atoms. The first kappa shape index (κ1) is 18.2. The number of hydrogen-bond donors (Lipinski definition) is 0. The number of Topliss-reactive ketones (excluding diaryl/α,β-unsaturated/α-hetero) is 1. The summed E-state index contributed by atoms with van der Waals surface area (Å²) >= 11 is 0. The van der Waals surface area contributed by atoms with E-state index in [2.05, 4.69) is 29.2 Å². The monoisotopic (exact) mass is 367 g/mol. The molecule has 4 rings (SSSR count). The van der Waals surface area contributed by atoms with Crippen LogP contribution < -0.4 is 0 Å². The van der Waals surface area contributed by atoms with Crippen LogP contribution in [0.1, 0.15) is 40.7 Å². The van der Waals surface area contributed by atoms with Gasteiger partial charge in [0.05, 0.1) is 5.70 Å². The van der Waals surface area contributed by atoms with Gasteiger partial charge in [-0.2, -0.15) is 0 Å². The molecule has 0 aromatic heterocycles. The number of allylic oxidation sites excluding steroid dienone is 1. The molecule has 3 aromatic rings. The summed E-state index contributed by atoms with van der Waals surface area (Å²) in [5, 5.41) is 0. The molecule has 1 heterocycles. The number of piperidine rings is 1. The lowest BCUT2D eigenvalue weighted by Gasteiger charge is -2.32. The lowest BCUT2D eigenvalue weighted by molar-refractivity contribution is 0.0984. The molecule has 0 radical (unpaired) electrons. The molecule has 0 amide bonds. The van der Waals surface area contributed by atoms with Gasteiger partial charge in [0.25, 0.3) is 0 Å². The molecule has 0 saturated carbocycles. The summed E-state index contributed by atoms with van der Waals surface area (Å²) in [4.78, 5) is 16.0. The maximum atomic E-state index is 13.7. The summed E-state index contributed by atoms with van der Waals surface area (Å²) in [6.45, 7) is 1.86. The molecule has 0 bridgehead atoms. The molecule has 1 aliphatic heterocycles. The van der Waals surface area contributed by atoms with Crippen LogP contribution in [-0.4, -0.2) is 23.8 Å². The Morgan fingerprint density at radius 1 is 0.571 bits per heavy atom. The summed E-state index contributed by atoms with van der Waals surface area (Å²) in [5.41, 5.74) is 4.75. The molecule has 0 aliphatic carbocycles. The van der Waals surface area contributed by atoms with Gasteiger partial charge in [0.15, 0.2) is 0 Å². The Bertz CT molecular complexity index is 898. The lowest BCUT2D eigenvalue weighted by Crippen LogP contribution is -2.33. The SMILES string of the molecule is O=C(C(=C(c1ccccc1)c1ccccc1)N1CCCCC1)c1ccccc1. The highest BCUT2D eigenvalue weighted by Gasteiger charge is 2.26. The fourth-order valence-electron chi connectivity index (χ4n) is 3.91. The molecule has 0 unspecified atom stereocenters. The van der Waals surface area contributed by atoms with Crippen molar-refractivity contribution in [1.29, 1.82) is 0 Å². The molecule has 1 saturated heterocycles. The Morgan fingerprint density at radius 2 is 1.00 bits per heavy atom. The standard InChI is InChI=1S/C26H25NO/c28-26(23-17-9-3-10-18-23)25(27-19-11-4-12-20-27)24(21-13-5-1-6-14-21)22-15-7-2-8-16-22/h1-3,5-10,13-18H,4,11-12,19-20H2. The van der Waals surface area contributed by atoms with Crippen LogP contribution in [0.3, 0.4) is 0 Å². The van der Waals surface area contributed by atoms with Crippen LogP contribution in [0.25, 0.3) is 5.57 Å². The normalized spacial score (nSPS) is 13.8. The van der Waals surface area contributed by atoms with Crippen LogP contribution in [0.15, 0.2) is 96.7 Å². The summed E-state index contributed by atoms with van der Waals surface area (Å²) in [5.74, 6) is 0.102. The van der Waals surface area contributed by atoms with Crippen molar-refractivity contribution in [3.05, 3.63) is 113 Å². The zero-order valence-electron chi connectivity index (χ0n) is 16.1. The zero-order valence-corrected chi connectivity index (χ0v) is 16.1. The van der Waals surface area contributed by atoms with Gasteiger partial charge in [-0.3, -0.25) is 4.79 Å². The molecule has 1 aliphatic rings. The number of benzene rings is 3. The Balaban J connectivity index is 1.95. The molecular weight excluding hydrogens is 342 g/mol. The van der Waals surface area contributed by atoms with E-state index in [-0.39, 0.29) is 5.78 Å². The molecule has 3 aromatic carbocycles. The first-order chi connectivity index (χ1) is 13.8. The minimum absolute atomic E-state index is 0.102. The topological polar surface area (TPSA) is 20.3 Å². The molecule has 2 nitrogen and oxygen atoms in total. The Morgan fingerprint density at radius 3 is 1.46 bits per heavy atom. The summed E-state index contributed by atoms with van der Waals surface area (Å²) in [6.07, 6.45) is 3.49. The third-order valence-corrected chi connectivity index (χ3v) is 5.29. The van der Waals surface area contributed by atoms with E-state index in [1.165, 1.54) is 6.42 Å². The number of rotatable bonds is 5. The smallest absolute Gasteiger partial charge is 0.209 e. The van der Waals surface area contributed by atoms with Crippen LogP contribution in [0.4, 0.5) is 0 Å². The first-order valence-electron chi connectivity index (χ1n) is 10.0. The summed E-state index contributed by atoms with van der Waals surface area (Å²) in [6, 6.07) is 30.3. The number of nitrogens with zero attached hydrogens (tertiary/aromatic N) is 1. The van der Waals surface area contributed by atoms with Gasteiger partial charge in [-0.25, -0.2) is 0 Å². The van der Waals surface area contributed by atoms with E-state index < -0.39 is 0 Å². The van der Waals surface area contributed by atoms with Gasteiger partial charge in [0.1, 0.15) is 0 Å². The van der Waals surface area contributed by atoms with Crippen LogP contribution in [0.2, 0.25) is 0 Å². The number of likely N-dealkylation sites (tertiary alicyclic amines) is 1. The molecule has 28 heavy (non-hydrogen) atoms. The molecule has 1 fully saturated rings. The van der Waals surface area contributed by atoms with Crippen LogP contribution in [0.5, 0.6) is 0 Å². The van der Waals surface area contributed by atoms with Gasteiger partial charge in [0.2, 0.25) is 5.78 Å². The second-order valence-corrected chi connectivity index (χ2v) is 7.20. The highest BCUT2D eigenvalue weighted by molar-refractivity contribution is 6.14. The number of carbonyl (C=O) groups excluding carboxylic acids is 1. The molecule has 2 heteroatoms. The number of hydrogen-bond acceptors (Lipinski definition) is 2. The largest absolute Gasteiger partial charge is 0.368 e. The predicted octanol–water partition coefficient (Wildman–Crippen LogP) is 5.81. The molecule has 0 N–H and O–H groups in total. The maximum absolute atomic E-state index is 13.7. The second kappa shape index (κ2) is 8.71. The van der Waals surface area contributed by atoms with Crippen LogP contribution >= 0.6 is 0 Å². The van der Waals surface area contributed by atoms with Crippen LogP contribution in [0, 0.1) is 0 Å². The van der Waals surface area contributed by atoms with E-state index >= 15 is 0 Å². The average molecular weight is 367 g/mol. The fourth-order valence-corrected chi connectivity index (χ4v) is 3.91. The van der Waals surface area contributed by atoms with E-state index in [9.17, 15) is 4.79 Å². The Labute approximate surface area is 167 Å². The highest BCUT2D eigenvalue weighted by atomic mass is 16.1. The number of ketones is 1. The van der Waals surface area contributed by atoms with Crippen molar-refractivity contribution in [2.24, 2.45) is 0 Å². The van der Waals surface area contributed by atoms with E-state index in [0.29, 0.717) is 0 Å². The quantitative estimate of drug-likeness (QED) is 0.419. The van der Waals surface area contributed by atoms with Gasteiger partial charge >= 0.3 is 0 Å². The minimum atomic E-state index is 0.102. The van der Waals surface area contributed by atoms with Crippen molar-refractivity contribution in [3.8, 4) is 0 Å². The van der Waals surface area contributed by atoms with Gasteiger partial charge in [-0.15, -0.1) is 0 Å². The van der Waals surface area contributed by atoms with Crippen molar-refractivity contribution in [3.63, 3.8) is 0 Å². The molecule has 0 atom stereocenters. The van der Waals surface area contributed by atoms with E-state index in [0.717, 1.165) is 53.9 Å². The van der Waals surface area contributed by atoms with Crippen molar-refractivity contribution >= 4 is 11.4 Å². The third-order valence-electron chi connectivity index (χ3n) is 5.29. The van der Waals surface area contributed by atoms with E-state index in [1.54, 1.807) is 0 Å². The van der Waals surface area contributed by atoms with Gasteiger partial charge in [0, 0.05) is 24.2 Å². The van der Waals surface area contributed by atoms with Gasteiger partial charge < -0.3 is 4.90 Å². The summed E-state index contributed by atoms with van der Waals surface area (Å²) in [7, 11) is 0. The minimum Gasteiger partial charge on any atom is -0.368 e. The lowest BCUT2D eigenvalue weighted by atomic mass is 9.91. The maximum Gasteiger partial charge on any atom is 0.209 e. The predicted molar refractivity (Wildman–Crippen MR) is 115 cm³/mol. The van der Waals surface area contributed by atoms with Crippen molar-refractivity contribution in [2.45, 2.75) is 19.3 Å². The number of carbonyl (C=O) groups is 1. The highest BCUT2D eigenvalue weighted by Crippen LogP contribution is 2.32. The van der Waals surface area contributed by atoms with Crippen molar-refractivity contribution < 1.29 is 4.79 Å². The first-order valence-corrected chi connectivity index (χ1v) is 10.0. The van der Waals surface area contributed by atoms with Gasteiger partial charge in [-0.1, -0.05) is 91.0 Å². The van der Waals surface area contributed by atoms with E-state index in [1.807, 2.05) is 66.7 Å². The van der Waals surface area contributed by atoms with Gasteiger partial charge in [-0.05, 0) is 30.4 Å².